The molecule has 0 saturated carbocycles. The van der Waals surface area contributed by atoms with Crippen molar-refractivity contribution in [1.29, 1.82) is 0 Å². The molecule has 1 aromatic carbocycles. The molecule has 5 nitrogen and oxygen atoms in total. The van der Waals surface area contributed by atoms with E-state index in [1.54, 1.807) is 0 Å². The van der Waals surface area contributed by atoms with E-state index in [1.165, 1.54) is 16.8 Å². The number of benzene rings is 1. The topological polar surface area (TPSA) is 53.1 Å². The number of hydrogen-bond donors (Lipinski definition) is 2. The SMILES string of the molecule is Cc1nc(NC[C@@H]2Cc3ccccc3CN2C)cc(C2CCNCC2)n1. The van der Waals surface area contributed by atoms with Crippen molar-refractivity contribution in [3.8, 4) is 0 Å². The van der Waals surface area contributed by atoms with Gasteiger partial charge in [0.2, 0.25) is 0 Å². The van der Waals surface area contributed by atoms with Gasteiger partial charge >= 0.3 is 0 Å². The van der Waals surface area contributed by atoms with Crippen LogP contribution in [0.3, 0.4) is 0 Å². The Morgan fingerprint density at radius 3 is 2.73 bits per heavy atom. The Morgan fingerprint density at radius 2 is 1.92 bits per heavy atom. The number of piperidine rings is 1. The molecule has 5 heteroatoms. The van der Waals surface area contributed by atoms with E-state index in [0.717, 1.165) is 57.1 Å². The lowest BCUT2D eigenvalue weighted by molar-refractivity contribution is 0.224. The smallest absolute Gasteiger partial charge is 0.129 e. The Kier molecular flexibility index (Phi) is 5.18. The van der Waals surface area contributed by atoms with Crippen LogP contribution in [-0.2, 0) is 13.0 Å². The highest BCUT2D eigenvalue weighted by Crippen LogP contribution is 2.26. The van der Waals surface area contributed by atoms with Gasteiger partial charge in [0.15, 0.2) is 0 Å². The molecule has 2 aliphatic rings. The van der Waals surface area contributed by atoms with E-state index < -0.39 is 0 Å². The van der Waals surface area contributed by atoms with Gasteiger partial charge in [0.1, 0.15) is 11.6 Å². The van der Waals surface area contributed by atoms with E-state index in [1.807, 2.05) is 6.92 Å². The zero-order valence-electron chi connectivity index (χ0n) is 15.8. The molecule has 1 aromatic heterocycles. The molecule has 138 valence electrons. The number of nitrogens with zero attached hydrogens (tertiary/aromatic N) is 3. The Labute approximate surface area is 156 Å². The lowest BCUT2D eigenvalue weighted by Crippen LogP contribution is -2.42. The summed E-state index contributed by atoms with van der Waals surface area (Å²) in [5.41, 5.74) is 4.13. The number of anilines is 1. The average molecular weight is 351 g/mol. The van der Waals surface area contributed by atoms with Crippen molar-refractivity contribution < 1.29 is 0 Å². The molecule has 0 bridgehead atoms. The molecule has 0 spiro atoms. The molecule has 4 rings (SSSR count). The second kappa shape index (κ2) is 7.72. The normalized spacial score (nSPS) is 21.4. The maximum absolute atomic E-state index is 4.71. The highest BCUT2D eigenvalue weighted by molar-refractivity contribution is 5.38. The molecule has 2 aliphatic heterocycles. The number of rotatable bonds is 4. The molecule has 3 heterocycles. The number of aryl methyl sites for hydroxylation is 1. The molecule has 2 N–H and O–H groups in total. The first-order valence-corrected chi connectivity index (χ1v) is 9.76. The first-order chi connectivity index (χ1) is 12.7. The first-order valence-electron chi connectivity index (χ1n) is 9.76. The van der Waals surface area contributed by atoms with Crippen LogP contribution in [0.2, 0.25) is 0 Å². The second-order valence-electron chi connectivity index (χ2n) is 7.67. The van der Waals surface area contributed by atoms with Gasteiger partial charge in [0.25, 0.3) is 0 Å². The molecule has 1 fully saturated rings. The summed E-state index contributed by atoms with van der Waals surface area (Å²) < 4.78 is 0. The molecule has 0 amide bonds. The minimum Gasteiger partial charge on any atom is -0.368 e. The van der Waals surface area contributed by atoms with Crippen molar-refractivity contribution in [2.45, 2.75) is 44.7 Å². The third-order valence-corrected chi connectivity index (χ3v) is 5.75. The van der Waals surface area contributed by atoms with E-state index in [0.29, 0.717) is 12.0 Å². The highest BCUT2D eigenvalue weighted by Gasteiger charge is 2.23. The second-order valence-corrected chi connectivity index (χ2v) is 7.67. The van der Waals surface area contributed by atoms with Gasteiger partial charge in [-0.25, -0.2) is 9.97 Å². The summed E-state index contributed by atoms with van der Waals surface area (Å²) in [6, 6.07) is 11.4. The van der Waals surface area contributed by atoms with Gasteiger partial charge in [-0.1, -0.05) is 24.3 Å². The van der Waals surface area contributed by atoms with Gasteiger partial charge in [-0.15, -0.1) is 0 Å². The molecular weight excluding hydrogens is 322 g/mol. The van der Waals surface area contributed by atoms with Crippen molar-refractivity contribution in [3.05, 3.63) is 53.0 Å². The average Bonchev–Trinajstić information content (AvgIpc) is 2.66. The Balaban J connectivity index is 1.44. The number of fused-ring (bicyclic) bond motifs is 1. The Morgan fingerprint density at radius 1 is 1.15 bits per heavy atom. The van der Waals surface area contributed by atoms with Crippen LogP contribution in [0, 0.1) is 6.92 Å². The van der Waals surface area contributed by atoms with Gasteiger partial charge in [-0.2, -0.15) is 0 Å². The van der Waals surface area contributed by atoms with Crippen LogP contribution in [0.5, 0.6) is 0 Å². The molecule has 1 atom stereocenters. The third-order valence-electron chi connectivity index (χ3n) is 5.75. The van der Waals surface area contributed by atoms with E-state index in [9.17, 15) is 0 Å². The molecule has 26 heavy (non-hydrogen) atoms. The third kappa shape index (κ3) is 3.89. The molecule has 0 radical (unpaired) electrons. The summed E-state index contributed by atoms with van der Waals surface area (Å²) in [7, 11) is 2.22. The van der Waals surface area contributed by atoms with Crippen molar-refractivity contribution in [2.75, 3.05) is 32.0 Å². The molecule has 0 unspecified atom stereocenters. The summed E-state index contributed by atoms with van der Waals surface area (Å²) >= 11 is 0. The van der Waals surface area contributed by atoms with Gasteiger partial charge in [-0.05, 0) is 57.5 Å². The quantitative estimate of drug-likeness (QED) is 0.887. The van der Waals surface area contributed by atoms with Crippen molar-refractivity contribution in [2.24, 2.45) is 0 Å². The lowest BCUT2D eigenvalue weighted by Gasteiger charge is -2.34. The fourth-order valence-corrected chi connectivity index (χ4v) is 4.18. The van der Waals surface area contributed by atoms with Crippen LogP contribution < -0.4 is 10.6 Å². The van der Waals surface area contributed by atoms with Gasteiger partial charge in [0.05, 0.1) is 0 Å². The van der Waals surface area contributed by atoms with Crippen LogP contribution in [-0.4, -0.2) is 47.6 Å². The van der Waals surface area contributed by atoms with Crippen LogP contribution in [0.15, 0.2) is 30.3 Å². The van der Waals surface area contributed by atoms with Crippen molar-refractivity contribution >= 4 is 5.82 Å². The number of aromatic nitrogens is 2. The van der Waals surface area contributed by atoms with Crippen LogP contribution in [0.1, 0.15) is 41.4 Å². The summed E-state index contributed by atoms with van der Waals surface area (Å²) in [5, 5.41) is 7.02. The van der Waals surface area contributed by atoms with E-state index in [-0.39, 0.29) is 0 Å². The highest BCUT2D eigenvalue weighted by atomic mass is 15.2. The zero-order valence-corrected chi connectivity index (χ0v) is 15.8. The molecule has 2 aromatic rings. The predicted molar refractivity (Wildman–Crippen MR) is 106 cm³/mol. The minimum atomic E-state index is 0.488. The summed E-state index contributed by atoms with van der Waals surface area (Å²) in [6.07, 6.45) is 3.42. The fourth-order valence-electron chi connectivity index (χ4n) is 4.18. The molecule has 0 aliphatic carbocycles. The summed E-state index contributed by atoms with van der Waals surface area (Å²) in [4.78, 5) is 11.8. The van der Waals surface area contributed by atoms with Crippen LogP contribution >= 0.6 is 0 Å². The summed E-state index contributed by atoms with van der Waals surface area (Å²) in [5.74, 6) is 2.40. The predicted octanol–water partition coefficient (Wildman–Crippen LogP) is 2.72. The van der Waals surface area contributed by atoms with Gasteiger partial charge < -0.3 is 10.6 Å². The number of nitrogens with one attached hydrogen (secondary N) is 2. The Hall–Kier alpha value is -1.98. The van der Waals surface area contributed by atoms with E-state index in [4.69, 9.17) is 4.98 Å². The minimum absolute atomic E-state index is 0.488. The largest absolute Gasteiger partial charge is 0.368 e. The van der Waals surface area contributed by atoms with Crippen LogP contribution in [0.25, 0.3) is 0 Å². The maximum Gasteiger partial charge on any atom is 0.129 e. The Bertz CT molecular complexity index is 754. The monoisotopic (exact) mass is 351 g/mol. The standard InChI is InChI=1S/C21H29N5/c1-15-24-20(16-7-9-22-10-8-16)12-21(25-15)23-13-19-11-17-5-3-4-6-18(17)14-26(19)2/h3-6,12,16,19,22H,7-11,13-14H2,1-2H3,(H,23,24,25)/t19-/m0/s1. The number of hydrogen-bond acceptors (Lipinski definition) is 5. The maximum atomic E-state index is 4.71. The zero-order chi connectivity index (χ0) is 17.9. The molecule has 1 saturated heterocycles. The van der Waals surface area contributed by atoms with Gasteiger partial charge in [0, 0.05) is 36.8 Å². The van der Waals surface area contributed by atoms with Crippen molar-refractivity contribution in [1.82, 2.24) is 20.2 Å². The van der Waals surface area contributed by atoms with Crippen molar-refractivity contribution in [3.63, 3.8) is 0 Å². The fraction of sp³-hybridized carbons (Fsp3) is 0.524. The molecular formula is C21H29N5. The van der Waals surface area contributed by atoms with Gasteiger partial charge in [-0.3, -0.25) is 4.90 Å². The summed E-state index contributed by atoms with van der Waals surface area (Å²) in [6.45, 7) is 6.10. The van der Waals surface area contributed by atoms with E-state index >= 15 is 0 Å². The van der Waals surface area contributed by atoms with E-state index in [2.05, 4.69) is 57.9 Å². The number of likely N-dealkylation sites (N-methyl/N-ethyl adjacent to an activating group) is 1. The van der Waals surface area contributed by atoms with Crippen LogP contribution in [0.4, 0.5) is 5.82 Å². The first kappa shape index (κ1) is 17.4. The lowest BCUT2D eigenvalue weighted by atomic mass is 9.94.